The van der Waals surface area contributed by atoms with E-state index in [9.17, 15) is 19.7 Å². The van der Waals surface area contributed by atoms with Crippen molar-refractivity contribution in [3.63, 3.8) is 0 Å². The monoisotopic (exact) mass is 390 g/mol. The van der Waals surface area contributed by atoms with Gasteiger partial charge in [0.05, 0.1) is 18.1 Å². The SMILES string of the molecule is COc1ccc(NC(=O)COC(=O)/C=C/c2ccc(Cl)cc2)c([N+](=O)[O-])c1. The van der Waals surface area contributed by atoms with E-state index in [0.717, 1.165) is 11.6 Å². The molecule has 27 heavy (non-hydrogen) atoms. The number of nitrogens with one attached hydrogen (secondary N) is 1. The Morgan fingerprint density at radius 2 is 1.93 bits per heavy atom. The molecule has 0 atom stereocenters. The lowest BCUT2D eigenvalue weighted by Gasteiger charge is -2.07. The summed E-state index contributed by atoms with van der Waals surface area (Å²) < 4.78 is 9.72. The second-order valence-electron chi connectivity index (χ2n) is 5.18. The molecule has 0 aliphatic carbocycles. The van der Waals surface area contributed by atoms with E-state index >= 15 is 0 Å². The number of ether oxygens (including phenoxy) is 2. The molecule has 0 heterocycles. The van der Waals surface area contributed by atoms with Gasteiger partial charge < -0.3 is 14.8 Å². The summed E-state index contributed by atoms with van der Waals surface area (Å²) in [5.74, 6) is -1.17. The van der Waals surface area contributed by atoms with Crippen molar-refractivity contribution < 1.29 is 24.0 Å². The average molecular weight is 391 g/mol. The summed E-state index contributed by atoms with van der Waals surface area (Å²) in [7, 11) is 1.37. The zero-order valence-electron chi connectivity index (χ0n) is 14.2. The molecular weight excluding hydrogens is 376 g/mol. The molecule has 2 rings (SSSR count). The second kappa shape index (κ2) is 9.35. The number of nitro groups is 1. The third-order valence-electron chi connectivity index (χ3n) is 3.30. The highest BCUT2D eigenvalue weighted by molar-refractivity contribution is 6.30. The Labute approximate surface area is 159 Å². The first kappa shape index (κ1) is 19.9. The largest absolute Gasteiger partial charge is 0.496 e. The highest BCUT2D eigenvalue weighted by Crippen LogP contribution is 2.28. The Kier molecular flexibility index (Phi) is 6.90. The quantitative estimate of drug-likeness (QED) is 0.336. The van der Waals surface area contributed by atoms with Gasteiger partial charge in [-0.1, -0.05) is 23.7 Å². The van der Waals surface area contributed by atoms with Crippen molar-refractivity contribution in [2.75, 3.05) is 19.0 Å². The van der Waals surface area contributed by atoms with E-state index in [1.54, 1.807) is 24.3 Å². The van der Waals surface area contributed by atoms with Gasteiger partial charge in [0.25, 0.3) is 11.6 Å². The number of hydrogen-bond donors (Lipinski definition) is 1. The number of methoxy groups -OCH3 is 1. The molecule has 0 saturated heterocycles. The van der Waals surface area contributed by atoms with E-state index in [-0.39, 0.29) is 17.1 Å². The van der Waals surface area contributed by atoms with Crippen molar-refractivity contribution in [3.05, 3.63) is 69.2 Å². The van der Waals surface area contributed by atoms with E-state index in [4.69, 9.17) is 21.1 Å². The van der Waals surface area contributed by atoms with Gasteiger partial charge in [-0.25, -0.2) is 4.79 Å². The number of nitro benzene ring substituents is 1. The van der Waals surface area contributed by atoms with Gasteiger partial charge in [-0.3, -0.25) is 14.9 Å². The lowest BCUT2D eigenvalue weighted by molar-refractivity contribution is -0.384. The van der Waals surface area contributed by atoms with Crippen LogP contribution in [-0.4, -0.2) is 30.5 Å². The summed E-state index contributed by atoms with van der Waals surface area (Å²) in [6.07, 6.45) is 2.66. The van der Waals surface area contributed by atoms with Gasteiger partial charge in [-0.05, 0) is 35.9 Å². The zero-order chi connectivity index (χ0) is 19.8. The molecule has 0 aromatic heterocycles. The summed E-state index contributed by atoms with van der Waals surface area (Å²) in [5, 5.41) is 14.0. The van der Waals surface area contributed by atoms with Gasteiger partial charge in [0.1, 0.15) is 11.4 Å². The maximum atomic E-state index is 11.9. The number of anilines is 1. The fraction of sp³-hybridized carbons (Fsp3) is 0.111. The van der Waals surface area contributed by atoms with Crippen LogP contribution in [0.1, 0.15) is 5.56 Å². The molecular formula is C18H15ClN2O6. The van der Waals surface area contributed by atoms with Crippen LogP contribution in [0.3, 0.4) is 0 Å². The Hall–Kier alpha value is -3.39. The van der Waals surface area contributed by atoms with Crippen LogP contribution in [0.25, 0.3) is 6.08 Å². The fourth-order valence-corrected chi connectivity index (χ4v) is 2.13. The summed E-state index contributed by atoms with van der Waals surface area (Å²) in [5.41, 5.74) is 0.366. The zero-order valence-corrected chi connectivity index (χ0v) is 14.9. The maximum absolute atomic E-state index is 11.9. The first-order valence-corrected chi connectivity index (χ1v) is 7.99. The number of carbonyl (C=O) groups excluding carboxylic acids is 2. The molecule has 0 spiro atoms. The topological polar surface area (TPSA) is 108 Å². The number of nitrogens with zero attached hydrogens (tertiary/aromatic N) is 1. The van der Waals surface area contributed by atoms with Gasteiger partial charge in [0.2, 0.25) is 0 Å². The summed E-state index contributed by atoms with van der Waals surface area (Å²) in [4.78, 5) is 34.0. The minimum absolute atomic E-state index is 0.0291. The molecule has 9 heteroatoms. The van der Waals surface area contributed by atoms with Crippen molar-refractivity contribution >= 4 is 40.9 Å². The first-order chi connectivity index (χ1) is 12.9. The molecule has 8 nitrogen and oxygen atoms in total. The Morgan fingerprint density at radius 3 is 2.56 bits per heavy atom. The highest BCUT2D eigenvalue weighted by atomic mass is 35.5. The van der Waals surface area contributed by atoms with Crippen LogP contribution < -0.4 is 10.1 Å². The van der Waals surface area contributed by atoms with Crippen molar-refractivity contribution in [1.29, 1.82) is 0 Å². The number of amides is 1. The van der Waals surface area contributed by atoms with E-state index < -0.39 is 23.4 Å². The summed E-state index contributed by atoms with van der Waals surface area (Å²) >= 11 is 5.76. The van der Waals surface area contributed by atoms with Gasteiger partial charge in [-0.15, -0.1) is 0 Å². The van der Waals surface area contributed by atoms with Gasteiger partial charge in [0.15, 0.2) is 6.61 Å². The highest BCUT2D eigenvalue weighted by Gasteiger charge is 2.17. The standard InChI is InChI=1S/C18H15ClN2O6/c1-26-14-7-8-15(16(10-14)21(24)25)20-17(22)11-27-18(23)9-4-12-2-5-13(19)6-3-12/h2-10H,11H2,1H3,(H,20,22)/b9-4+. The molecule has 0 aliphatic rings. The molecule has 0 aliphatic heterocycles. The lowest BCUT2D eigenvalue weighted by atomic mass is 10.2. The average Bonchev–Trinajstić information content (AvgIpc) is 2.66. The predicted molar refractivity (Wildman–Crippen MR) is 99.7 cm³/mol. The van der Waals surface area contributed by atoms with E-state index in [1.165, 1.54) is 31.4 Å². The third kappa shape index (κ3) is 6.12. The number of esters is 1. The van der Waals surface area contributed by atoms with Crippen LogP contribution >= 0.6 is 11.6 Å². The van der Waals surface area contributed by atoms with Crippen molar-refractivity contribution in [2.24, 2.45) is 0 Å². The van der Waals surface area contributed by atoms with Crippen LogP contribution in [0.4, 0.5) is 11.4 Å². The minimum Gasteiger partial charge on any atom is -0.496 e. The van der Waals surface area contributed by atoms with E-state index in [1.807, 2.05) is 0 Å². The normalized spacial score (nSPS) is 10.4. The lowest BCUT2D eigenvalue weighted by Crippen LogP contribution is -2.20. The molecule has 0 unspecified atom stereocenters. The van der Waals surface area contributed by atoms with Crippen LogP contribution in [0, 0.1) is 10.1 Å². The molecule has 0 fully saturated rings. The predicted octanol–water partition coefficient (Wildman–Crippen LogP) is 3.45. The van der Waals surface area contributed by atoms with Gasteiger partial charge >= 0.3 is 5.97 Å². The fourth-order valence-electron chi connectivity index (χ4n) is 2.00. The molecule has 2 aromatic carbocycles. The van der Waals surface area contributed by atoms with E-state index in [0.29, 0.717) is 5.02 Å². The van der Waals surface area contributed by atoms with Gasteiger partial charge in [-0.2, -0.15) is 0 Å². The Bertz CT molecular complexity index is 880. The summed E-state index contributed by atoms with van der Waals surface area (Å²) in [6.45, 7) is -0.590. The van der Waals surface area contributed by atoms with Crippen molar-refractivity contribution in [3.8, 4) is 5.75 Å². The number of benzene rings is 2. The molecule has 2 aromatic rings. The van der Waals surface area contributed by atoms with Crippen LogP contribution in [0.15, 0.2) is 48.5 Å². The number of rotatable bonds is 7. The molecule has 0 bridgehead atoms. The molecule has 1 N–H and O–H groups in total. The van der Waals surface area contributed by atoms with Gasteiger partial charge in [0, 0.05) is 11.1 Å². The van der Waals surface area contributed by atoms with E-state index in [2.05, 4.69) is 5.32 Å². The maximum Gasteiger partial charge on any atom is 0.331 e. The summed E-state index contributed by atoms with van der Waals surface area (Å²) in [6, 6.07) is 10.7. The third-order valence-corrected chi connectivity index (χ3v) is 3.56. The second-order valence-corrected chi connectivity index (χ2v) is 5.62. The Balaban J connectivity index is 1.91. The number of hydrogen-bond acceptors (Lipinski definition) is 6. The molecule has 0 radical (unpaired) electrons. The minimum atomic E-state index is -0.732. The number of carbonyl (C=O) groups is 2. The Morgan fingerprint density at radius 1 is 1.22 bits per heavy atom. The van der Waals surface area contributed by atoms with Crippen molar-refractivity contribution in [1.82, 2.24) is 0 Å². The van der Waals surface area contributed by atoms with Crippen LogP contribution in [-0.2, 0) is 14.3 Å². The number of halogens is 1. The molecule has 140 valence electrons. The van der Waals surface area contributed by atoms with Crippen LogP contribution in [0.5, 0.6) is 5.75 Å². The van der Waals surface area contributed by atoms with Crippen LogP contribution in [0.2, 0.25) is 5.02 Å². The smallest absolute Gasteiger partial charge is 0.331 e. The molecule has 1 amide bonds. The van der Waals surface area contributed by atoms with Crippen molar-refractivity contribution in [2.45, 2.75) is 0 Å². The first-order valence-electron chi connectivity index (χ1n) is 7.61. The molecule has 0 saturated carbocycles.